The Morgan fingerprint density at radius 2 is 2.03 bits per heavy atom. The first kappa shape index (κ1) is 26.1. The molecule has 1 aliphatic heterocycles. The van der Waals surface area contributed by atoms with Gasteiger partial charge in [-0.1, -0.05) is 30.4 Å². The van der Waals surface area contributed by atoms with Crippen LogP contribution in [-0.2, 0) is 18.6 Å². The van der Waals surface area contributed by atoms with E-state index in [2.05, 4.69) is 24.9 Å². The maximum atomic E-state index is 13.5. The first-order valence-corrected chi connectivity index (χ1v) is 13.9. The summed E-state index contributed by atoms with van der Waals surface area (Å²) < 4.78 is 32.2. The SMILES string of the molecule is C[C@H](N[P@@](=O)(OC[C@@H]1C=C[C@H](n2cnc3c(N4CCOCC4)nc(N)nc32)C1)Oc1ccccc1)C(=O)O. The van der Waals surface area contributed by atoms with Crippen LogP contribution in [0, 0.1) is 5.92 Å². The summed E-state index contributed by atoms with van der Waals surface area (Å²) >= 11 is 0. The summed E-state index contributed by atoms with van der Waals surface area (Å²) in [6.45, 7) is 4.04. The van der Waals surface area contributed by atoms with Gasteiger partial charge in [-0.2, -0.15) is 15.1 Å². The number of nitrogens with two attached hydrogens (primary N) is 1. The molecule has 202 valence electrons. The second-order valence-electron chi connectivity index (χ2n) is 9.16. The van der Waals surface area contributed by atoms with Crippen molar-refractivity contribution < 1.29 is 28.3 Å². The van der Waals surface area contributed by atoms with Crippen LogP contribution >= 0.6 is 7.75 Å². The van der Waals surface area contributed by atoms with Crippen molar-refractivity contribution in [2.75, 3.05) is 43.5 Å². The summed E-state index contributed by atoms with van der Waals surface area (Å²) in [6, 6.07) is 7.26. The molecule has 1 saturated heterocycles. The van der Waals surface area contributed by atoms with Crippen molar-refractivity contribution in [2.45, 2.75) is 25.4 Å². The van der Waals surface area contributed by atoms with Gasteiger partial charge in [0.2, 0.25) is 5.95 Å². The summed E-state index contributed by atoms with van der Waals surface area (Å²) in [7, 11) is -3.99. The summed E-state index contributed by atoms with van der Waals surface area (Å²) in [5.74, 6) is -0.116. The Labute approximate surface area is 219 Å². The average Bonchev–Trinajstić information content (AvgIpc) is 3.55. The summed E-state index contributed by atoms with van der Waals surface area (Å²) in [5, 5.41) is 11.8. The second-order valence-corrected chi connectivity index (χ2v) is 10.9. The minimum atomic E-state index is -3.99. The number of hydrogen-bond acceptors (Lipinski definition) is 10. The summed E-state index contributed by atoms with van der Waals surface area (Å²) in [4.78, 5) is 27.0. The van der Waals surface area contributed by atoms with Gasteiger partial charge in [-0.05, 0) is 25.5 Å². The van der Waals surface area contributed by atoms with E-state index >= 15 is 0 Å². The van der Waals surface area contributed by atoms with Crippen LogP contribution in [0.5, 0.6) is 5.75 Å². The van der Waals surface area contributed by atoms with Gasteiger partial charge in [-0.15, -0.1) is 0 Å². The lowest BCUT2D eigenvalue weighted by molar-refractivity contribution is -0.138. The highest BCUT2D eigenvalue weighted by Crippen LogP contribution is 2.46. The Hall–Kier alpha value is -3.51. The number of nitrogen functional groups attached to an aromatic ring is 1. The minimum Gasteiger partial charge on any atom is -0.480 e. The van der Waals surface area contributed by atoms with Crippen molar-refractivity contribution in [3.8, 4) is 5.75 Å². The molecule has 4 atom stereocenters. The molecule has 2 aromatic heterocycles. The van der Waals surface area contributed by atoms with Crippen LogP contribution in [0.3, 0.4) is 0 Å². The standard InChI is InChI=1S/C24H30N7O6P/c1-16(23(32)33)29-38(34,37-19-5-3-2-4-6-19)36-14-17-7-8-18(13-17)31-15-26-20-21(27-24(25)28-22(20)31)30-9-11-35-12-10-30/h2-8,15-18H,9-14H2,1H3,(H,29,34)(H,32,33)(H2,25,27,28)/t16-,17+,18-,38+/m0/s1. The largest absolute Gasteiger partial charge is 0.480 e. The second kappa shape index (κ2) is 11.1. The molecule has 0 amide bonds. The van der Waals surface area contributed by atoms with Crippen LogP contribution in [0.4, 0.5) is 11.8 Å². The number of allylic oxidation sites excluding steroid dienone is 1. The van der Waals surface area contributed by atoms with E-state index in [1.54, 1.807) is 36.7 Å². The number of imidazole rings is 1. The Kier molecular flexibility index (Phi) is 7.61. The van der Waals surface area contributed by atoms with Gasteiger partial charge >= 0.3 is 13.7 Å². The van der Waals surface area contributed by atoms with Crippen LogP contribution in [0.15, 0.2) is 48.8 Å². The van der Waals surface area contributed by atoms with E-state index in [9.17, 15) is 14.5 Å². The van der Waals surface area contributed by atoms with E-state index in [0.29, 0.717) is 55.5 Å². The molecule has 0 saturated carbocycles. The number of nitrogens with one attached hydrogen (secondary N) is 1. The number of nitrogens with zero attached hydrogens (tertiary/aromatic N) is 5. The third-order valence-electron chi connectivity index (χ3n) is 6.39. The van der Waals surface area contributed by atoms with E-state index in [1.165, 1.54) is 6.92 Å². The molecule has 38 heavy (non-hydrogen) atoms. The molecule has 2 aliphatic rings. The predicted molar refractivity (Wildman–Crippen MR) is 140 cm³/mol. The van der Waals surface area contributed by atoms with E-state index in [-0.39, 0.29) is 24.5 Å². The molecule has 4 N–H and O–H groups in total. The number of aromatic nitrogens is 4. The third kappa shape index (κ3) is 5.81. The molecule has 13 nitrogen and oxygen atoms in total. The third-order valence-corrected chi connectivity index (χ3v) is 8.03. The van der Waals surface area contributed by atoms with Crippen molar-refractivity contribution in [1.82, 2.24) is 24.6 Å². The van der Waals surface area contributed by atoms with Crippen LogP contribution in [0.25, 0.3) is 11.2 Å². The van der Waals surface area contributed by atoms with Crippen LogP contribution in [0.2, 0.25) is 0 Å². The fourth-order valence-corrected chi connectivity index (χ4v) is 5.99. The number of carbonyl (C=O) groups is 1. The maximum absolute atomic E-state index is 13.5. The lowest BCUT2D eigenvalue weighted by Crippen LogP contribution is -2.37. The van der Waals surface area contributed by atoms with E-state index in [0.717, 1.165) is 0 Å². The molecule has 1 aromatic carbocycles. The van der Waals surface area contributed by atoms with Crippen LogP contribution in [-0.4, -0.2) is 69.5 Å². The quantitative estimate of drug-likeness (QED) is 0.253. The maximum Gasteiger partial charge on any atom is 0.459 e. The topological polar surface area (TPSA) is 167 Å². The van der Waals surface area contributed by atoms with E-state index in [1.807, 2.05) is 16.7 Å². The highest BCUT2D eigenvalue weighted by molar-refractivity contribution is 7.52. The van der Waals surface area contributed by atoms with Gasteiger partial charge in [0.15, 0.2) is 17.0 Å². The fourth-order valence-electron chi connectivity index (χ4n) is 4.44. The predicted octanol–water partition coefficient (Wildman–Crippen LogP) is 2.63. The Balaban J connectivity index is 1.29. The molecule has 0 unspecified atom stereocenters. The number of anilines is 2. The highest BCUT2D eigenvalue weighted by atomic mass is 31.2. The number of morpholine rings is 1. The zero-order valence-electron chi connectivity index (χ0n) is 20.8. The van der Waals surface area contributed by atoms with Gasteiger partial charge in [0.25, 0.3) is 0 Å². The number of aliphatic carboxylic acids is 1. The normalized spacial score (nSPS) is 21.9. The minimum absolute atomic E-state index is 0.0548. The molecular weight excluding hydrogens is 513 g/mol. The summed E-state index contributed by atoms with van der Waals surface area (Å²) in [6.07, 6.45) is 6.33. The van der Waals surface area contributed by atoms with Crippen molar-refractivity contribution >= 4 is 36.6 Å². The van der Waals surface area contributed by atoms with Gasteiger partial charge < -0.3 is 29.6 Å². The average molecular weight is 544 g/mol. The molecule has 14 heteroatoms. The highest BCUT2D eigenvalue weighted by Gasteiger charge is 2.33. The van der Waals surface area contributed by atoms with Gasteiger partial charge in [0.05, 0.1) is 32.2 Å². The number of fused-ring (bicyclic) bond motifs is 1. The first-order chi connectivity index (χ1) is 18.3. The number of para-hydroxylation sites is 1. The van der Waals surface area contributed by atoms with Gasteiger partial charge in [-0.3, -0.25) is 9.32 Å². The zero-order chi connectivity index (χ0) is 26.7. The molecule has 1 aliphatic carbocycles. The Bertz CT molecular complexity index is 1360. The Morgan fingerprint density at radius 3 is 2.76 bits per heavy atom. The monoisotopic (exact) mass is 543 g/mol. The molecule has 5 rings (SSSR count). The molecule has 0 radical (unpaired) electrons. The molecule has 3 aromatic rings. The number of rotatable bonds is 10. The molecule has 0 bridgehead atoms. The smallest absolute Gasteiger partial charge is 0.459 e. The van der Waals surface area contributed by atoms with Gasteiger partial charge in [0.1, 0.15) is 11.8 Å². The fraction of sp³-hybridized carbons (Fsp3) is 0.417. The van der Waals surface area contributed by atoms with Gasteiger partial charge in [-0.25, -0.2) is 9.55 Å². The van der Waals surface area contributed by atoms with Crippen molar-refractivity contribution in [1.29, 1.82) is 0 Å². The van der Waals surface area contributed by atoms with Crippen molar-refractivity contribution in [2.24, 2.45) is 5.92 Å². The van der Waals surface area contributed by atoms with Crippen molar-refractivity contribution in [3.05, 3.63) is 48.8 Å². The molecule has 0 spiro atoms. The zero-order valence-corrected chi connectivity index (χ0v) is 21.7. The van der Waals surface area contributed by atoms with E-state index in [4.69, 9.17) is 19.5 Å². The first-order valence-electron chi connectivity index (χ1n) is 12.3. The van der Waals surface area contributed by atoms with Crippen LogP contribution in [0.1, 0.15) is 19.4 Å². The molecule has 3 heterocycles. The number of hydrogen-bond donors (Lipinski definition) is 3. The number of carboxylic acid groups (broad SMARTS) is 1. The Morgan fingerprint density at radius 1 is 1.26 bits per heavy atom. The van der Waals surface area contributed by atoms with E-state index < -0.39 is 19.8 Å². The number of carboxylic acids is 1. The molecule has 1 fully saturated rings. The lowest BCUT2D eigenvalue weighted by atomic mass is 10.1. The molecular formula is C24H30N7O6P. The number of benzene rings is 1. The lowest BCUT2D eigenvalue weighted by Gasteiger charge is -2.27. The summed E-state index contributed by atoms with van der Waals surface area (Å²) in [5.41, 5.74) is 7.35. The van der Waals surface area contributed by atoms with Crippen molar-refractivity contribution in [3.63, 3.8) is 0 Å². The van der Waals surface area contributed by atoms with Gasteiger partial charge in [0, 0.05) is 19.0 Å². The van der Waals surface area contributed by atoms with Crippen LogP contribution < -0.4 is 20.2 Å². The number of ether oxygens (including phenoxy) is 1.